The van der Waals surface area contributed by atoms with Crippen LogP contribution in [0.25, 0.3) is 11.0 Å². The summed E-state index contributed by atoms with van der Waals surface area (Å²) in [6, 6.07) is 16.8. The molecule has 7 nitrogen and oxygen atoms in total. The summed E-state index contributed by atoms with van der Waals surface area (Å²) in [5, 5.41) is 23.8. The lowest BCUT2D eigenvalue weighted by Crippen LogP contribution is -2.38. The van der Waals surface area contributed by atoms with E-state index in [1.807, 2.05) is 54.6 Å². The Balaban J connectivity index is 1.77. The molecule has 2 heterocycles. The van der Waals surface area contributed by atoms with E-state index in [4.69, 9.17) is 4.74 Å². The zero-order valence-electron chi connectivity index (χ0n) is 13.2. The molecular formula is C18H16N4O3. The fraction of sp³-hybridized carbons (Fsp3) is 0.167. The fourth-order valence-corrected chi connectivity index (χ4v) is 2.65. The van der Waals surface area contributed by atoms with Crippen LogP contribution in [0.3, 0.4) is 0 Å². The van der Waals surface area contributed by atoms with E-state index in [0.29, 0.717) is 28.3 Å². The molecule has 0 saturated heterocycles. The average Bonchev–Trinajstić information content (AvgIpc) is 3.02. The number of anilines is 1. The molecule has 25 heavy (non-hydrogen) atoms. The molecule has 126 valence electrons. The van der Waals surface area contributed by atoms with Crippen LogP contribution in [-0.2, 0) is 0 Å². The highest BCUT2D eigenvalue weighted by Crippen LogP contribution is 2.29. The predicted octanol–water partition coefficient (Wildman–Crippen LogP) is 1.56. The lowest BCUT2D eigenvalue weighted by molar-refractivity contribution is 0.0321. The molecule has 2 aromatic carbocycles. The number of aromatic nitrogens is 2. The van der Waals surface area contributed by atoms with Crippen molar-refractivity contribution in [1.29, 1.82) is 0 Å². The van der Waals surface area contributed by atoms with Gasteiger partial charge in [0.05, 0.1) is 23.3 Å². The zero-order valence-corrected chi connectivity index (χ0v) is 13.2. The number of para-hydroxylation sites is 3. The Morgan fingerprint density at radius 1 is 1.04 bits per heavy atom. The van der Waals surface area contributed by atoms with Crippen molar-refractivity contribution in [2.24, 2.45) is 5.10 Å². The van der Waals surface area contributed by atoms with E-state index in [0.717, 1.165) is 5.69 Å². The SMILES string of the molecule is OC[C@@H](O)[C@H]1Oc2nc3ccccc3nc2/C1=N\Nc1ccccc1. The van der Waals surface area contributed by atoms with Gasteiger partial charge < -0.3 is 14.9 Å². The second-order valence-electron chi connectivity index (χ2n) is 5.63. The van der Waals surface area contributed by atoms with E-state index in [9.17, 15) is 10.2 Å². The lowest BCUT2D eigenvalue weighted by Gasteiger charge is -2.15. The number of hydrogen-bond donors (Lipinski definition) is 3. The quantitative estimate of drug-likeness (QED) is 0.625. The van der Waals surface area contributed by atoms with Gasteiger partial charge in [-0.05, 0) is 24.3 Å². The van der Waals surface area contributed by atoms with Gasteiger partial charge in [0.15, 0.2) is 11.8 Å². The van der Waals surface area contributed by atoms with Crippen LogP contribution in [0, 0.1) is 0 Å². The highest BCUT2D eigenvalue weighted by atomic mass is 16.5. The molecule has 0 unspecified atom stereocenters. The highest BCUT2D eigenvalue weighted by Gasteiger charge is 2.38. The summed E-state index contributed by atoms with van der Waals surface area (Å²) >= 11 is 0. The highest BCUT2D eigenvalue weighted by molar-refractivity contribution is 6.08. The number of benzene rings is 2. The molecule has 0 bridgehead atoms. The standard InChI is InChI=1S/C18H16N4O3/c23-10-14(24)17-15(22-21-11-6-2-1-3-7-11)16-18(25-17)20-13-9-5-4-8-12(13)19-16/h1-9,14,17,21,23-24H,10H2/b22-15+/t14-,17-/m1/s1. The number of nitrogens with zero attached hydrogens (tertiary/aromatic N) is 3. The summed E-state index contributed by atoms with van der Waals surface area (Å²) in [5.74, 6) is 0.296. The number of nitrogens with one attached hydrogen (secondary N) is 1. The molecule has 1 aliphatic rings. The van der Waals surface area contributed by atoms with Crippen LogP contribution < -0.4 is 10.2 Å². The Morgan fingerprint density at radius 3 is 2.44 bits per heavy atom. The van der Waals surface area contributed by atoms with Gasteiger partial charge in [-0.25, -0.2) is 9.97 Å². The first-order chi connectivity index (χ1) is 12.3. The van der Waals surface area contributed by atoms with E-state index >= 15 is 0 Å². The van der Waals surface area contributed by atoms with Gasteiger partial charge in [-0.3, -0.25) is 5.43 Å². The van der Waals surface area contributed by atoms with Crippen LogP contribution in [0.15, 0.2) is 59.7 Å². The molecule has 0 spiro atoms. The smallest absolute Gasteiger partial charge is 0.243 e. The summed E-state index contributed by atoms with van der Waals surface area (Å²) in [5.41, 5.74) is 5.97. The van der Waals surface area contributed by atoms with Crippen LogP contribution in [0.1, 0.15) is 5.69 Å². The minimum Gasteiger partial charge on any atom is -0.463 e. The van der Waals surface area contributed by atoms with Crippen molar-refractivity contribution >= 4 is 22.4 Å². The number of hydrazone groups is 1. The third kappa shape index (κ3) is 2.90. The van der Waals surface area contributed by atoms with E-state index in [-0.39, 0.29) is 0 Å². The van der Waals surface area contributed by atoms with Crippen LogP contribution in [0.2, 0.25) is 0 Å². The van der Waals surface area contributed by atoms with Crippen molar-refractivity contribution in [3.8, 4) is 5.88 Å². The Hall–Kier alpha value is -3.03. The molecular weight excluding hydrogens is 320 g/mol. The molecule has 0 saturated carbocycles. The minimum atomic E-state index is -1.13. The number of rotatable bonds is 4. The molecule has 4 rings (SSSR count). The van der Waals surface area contributed by atoms with Gasteiger partial charge in [-0.1, -0.05) is 30.3 Å². The molecule has 7 heteroatoms. The molecule has 3 N–H and O–H groups in total. The molecule has 1 aromatic heterocycles. The van der Waals surface area contributed by atoms with Crippen LogP contribution in [0.4, 0.5) is 5.69 Å². The molecule has 1 aliphatic heterocycles. The molecule has 0 aliphatic carbocycles. The number of hydrogen-bond acceptors (Lipinski definition) is 7. The summed E-state index contributed by atoms with van der Waals surface area (Å²) in [6.45, 7) is -0.456. The third-order valence-corrected chi connectivity index (χ3v) is 3.91. The minimum absolute atomic E-state index is 0.296. The van der Waals surface area contributed by atoms with Gasteiger partial charge in [-0.2, -0.15) is 5.10 Å². The number of fused-ring (bicyclic) bond motifs is 2. The Bertz CT molecular complexity index is 930. The Labute approximate surface area is 143 Å². The lowest BCUT2D eigenvalue weighted by atomic mass is 10.1. The fourth-order valence-electron chi connectivity index (χ4n) is 2.65. The molecule has 0 fully saturated rings. The van der Waals surface area contributed by atoms with Crippen LogP contribution >= 0.6 is 0 Å². The normalized spacial score (nSPS) is 18.8. The van der Waals surface area contributed by atoms with E-state index in [1.54, 1.807) is 0 Å². The zero-order chi connectivity index (χ0) is 17.2. The van der Waals surface area contributed by atoms with Crippen molar-refractivity contribution in [3.05, 3.63) is 60.3 Å². The number of ether oxygens (including phenoxy) is 1. The summed E-state index contributed by atoms with van der Waals surface area (Å²) in [6.07, 6.45) is -1.97. The van der Waals surface area contributed by atoms with Crippen molar-refractivity contribution in [2.45, 2.75) is 12.2 Å². The van der Waals surface area contributed by atoms with Crippen molar-refractivity contribution in [3.63, 3.8) is 0 Å². The largest absolute Gasteiger partial charge is 0.463 e. The van der Waals surface area contributed by atoms with E-state index < -0.39 is 18.8 Å². The van der Waals surface area contributed by atoms with Gasteiger partial charge >= 0.3 is 0 Å². The third-order valence-electron chi connectivity index (χ3n) is 3.91. The maximum atomic E-state index is 10.1. The van der Waals surface area contributed by atoms with Crippen molar-refractivity contribution in [1.82, 2.24) is 9.97 Å². The topological polar surface area (TPSA) is 99.9 Å². The second-order valence-corrected chi connectivity index (χ2v) is 5.63. The first-order valence-electron chi connectivity index (χ1n) is 7.87. The monoisotopic (exact) mass is 336 g/mol. The van der Waals surface area contributed by atoms with Gasteiger partial charge in [0.1, 0.15) is 11.8 Å². The van der Waals surface area contributed by atoms with Gasteiger partial charge in [-0.15, -0.1) is 0 Å². The summed E-state index contributed by atoms with van der Waals surface area (Å²) < 4.78 is 5.71. The van der Waals surface area contributed by atoms with Gasteiger partial charge in [0.2, 0.25) is 5.88 Å². The predicted molar refractivity (Wildman–Crippen MR) is 93.6 cm³/mol. The van der Waals surface area contributed by atoms with Crippen molar-refractivity contribution < 1.29 is 14.9 Å². The first-order valence-corrected chi connectivity index (χ1v) is 7.87. The Morgan fingerprint density at radius 2 is 1.72 bits per heavy atom. The van der Waals surface area contributed by atoms with E-state index in [1.165, 1.54) is 0 Å². The maximum Gasteiger partial charge on any atom is 0.243 e. The molecule has 2 atom stereocenters. The average molecular weight is 336 g/mol. The summed E-state index contributed by atoms with van der Waals surface area (Å²) in [4.78, 5) is 9.01. The number of aliphatic hydroxyl groups is 2. The first kappa shape index (κ1) is 15.5. The van der Waals surface area contributed by atoms with E-state index in [2.05, 4.69) is 20.5 Å². The molecule has 3 aromatic rings. The second kappa shape index (κ2) is 6.46. The van der Waals surface area contributed by atoms with Gasteiger partial charge in [0.25, 0.3) is 0 Å². The van der Waals surface area contributed by atoms with Crippen LogP contribution in [0.5, 0.6) is 5.88 Å². The molecule has 0 amide bonds. The Kier molecular flexibility index (Phi) is 4.01. The summed E-state index contributed by atoms with van der Waals surface area (Å²) in [7, 11) is 0. The number of aliphatic hydroxyl groups excluding tert-OH is 2. The molecule has 0 radical (unpaired) electrons. The van der Waals surface area contributed by atoms with Gasteiger partial charge in [0, 0.05) is 0 Å². The van der Waals surface area contributed by atoms with Crippen LogP contribution in [-0.4, -0.2) is 44.7 Å². The maximum absolute atomic E-state index is 10.1. The van der Waals surface area contributed by atoms with Crippen molar-refractivity contribution in [2.75, 3.05) is 12.0 Å².